The van der Waals surface area contributed by atoms with Gasteiger partial charge in [-0.05, 0) is 17.7 Å². The van der Waals surface area contributed by atoms with Gasteiger partial charge >= 0.3 is 5.97 Å². The molecule has 130 valence electrons. The number of aryl methyl sites for hydroxylation is 1. The summed E-state index contributed by atoms with van der Waals surface area (Å²) >= 11 is 5.95. The zero-order chi connectivity index (χ0) is 18.1. The van der Waals surface area contributed by atoms with Crippen LogP contribution in [0.2, 0.25) is 5.02 Å². The van der Waals surface area contributed by atoms with Gasteiger partial charge in [0, 0.05) is 25.4 Å². The van der Waals surface area contributed by atoms with Crippen LogP contribution >= 0.6 is 11.6 Å². The van der Waals surface area contributed by atoms with Gasteiger partial charge in [0.25, 0.3) is 5.56 Å². The first-order valence-corrected chi connectivity index (χ1v) is 7.74. The van der Waals surface area contributed by atoms with E-state index in [1.807, 2.05) is 0 Å². The molecule has 3 aromatic heterocycles. The minimum absolute atomic E-state index is 0.0156. The molecule has 0 aliphatic carbocycles. The van der Waals surface area contributed by atoms with Crippen molar-refractivity contribution < 1.29 is 14.6 Å². The van der Waals surface area contributed by atoms with E-state index in [1.165, 1.54) is 30.0 Å². The standard InChI is InChI=1S/C16H15ClN4O4/c1-20-7-9(6-18-20)11(5-13(22)25-2)14-15(23)19-12-4-3-10(17)8-21(12)16(14)24/h3-4,6-8,11,23H,5H2,1-2H3. The number of fused-ring (bicyclic) bond motifs is 1. The highest BCUT2D eigenvalue weighted by Gasteiger charge is 2.27. The predicted octanol–water partition coefficient (Wildman–Crippen LogP) is 1.48. The summed E-state index contributed by atoms with van der Waals surface area (Å²) in [6, 6.07) is 3.09. The quantitative estimate of drug-likeness (QED) is 0.706. The molecule has 0 saturated heterocycles. The number of hydrogen-bond acceptors (Lipinski definition) is 6. The number of methoxy groups -OCH3 is 1. The van der Waals surface area contributed by atoms with Crippen molar-refractivity contribution in [2.45, 2.75) is 12.3 Å². The normalized spacial score (nSPS) is 12.3. The smallest absolute Gasteiger partial charge is 0.306 e. The molecular weight excluding hydrogens is 348 g/mol. The van der Waals surface area contributed by atoms with Crippen LogP contribution in [0.5, 0.6) is 5.88 Å². The van der Waals surface area contributed by atoms with E-state index in [-0.39, 0.29) is 17.6 Å². The minimum Gasteiger partial charge on any atom is -0.493 e. The van der Waals surface area contributed by atoms with Crippen LogP contribution in [-0.2, 0) is 16.6 Å². The Labute approximate surface area is 147 Å². The van der Waals surface area contributed by atoms with E-state index in [0.717, 1.165) is 0 Å². The second-order valence-corrected chi connectivity index (χ2v) is 5.95. The molecule has 9 heteroatoms. The topological polar surface area (TPSA) is 98.7 Å². The fourth-order valence-corrected chi connectivity index (χ4v) is 2.84. The molecule has 0 amide bonds. The van der Waals surface area contributed by atoms with Gasteiger partial charge in [-0.2, -0.15) is 10.1 Å². The fourth-order valence-electron chi connectivity index (χ4n) is 2.68. The first-order chi connectivity index (χ1) is 11.9. The van der Waals surface area contributed by atoms with Crippen molar-refractivity contribution in [3.8, 4) is 5.88 Å². The van der Waals surface area contributed by atoms with Crippen molar-refractivity contribution in [3.05, 3.63) is 57.2 Å². The number of carbonyl (C=O) groups is 1. The number of esters is 1. The Bertz CT molecular complexity index is 1010. The number of aromatic nitrogens is 4. The summed E-state index contributed by atoms with van der Waals surface area (Å²) in [5, 5.41) is 14.8. The van der Waals surface area contributed by atoms with Crippen LogP contribution in [0.3, 0.4) is 0 Å². The zero-order valence-corrected chi connectivity index (χ0v) is 14.3. The van der Waals surface area contributed by atoms with Gasteiger partial charge in [-0.3, -0.25) is 18.7 Å². The van der Waals surface area contributed by atoms with E-state index < -0.39 is 23.3 Å². The van der Waals surface area contributed by atoms with Gasteiger partial charge in [0.2, 0.25) is 5.88 Å². The molecule has 1 unspecified atom stereocenters. The molecule has 1 N–H and O–H groups in total. The van der Waals surface area contributed by atoms with Crippen molar-refractivity contribution in [2.75, 3.05) is 7.11 Å². The van der Waals surface area contributed by atoms with Gasteiger partial charge in [-0.25, -0.2) is 0 Å². The van der Waals surface area contributed by atoms with Gasteiger partial charge in [0.15, 0.2) is 0 Å². The molecule has 8 nitrogen and oxygen atoms in total. The number of pyridine rings is 1. The molecule has 1 atom stereocenters. The molecular formula is C16H15ClN4O4. The van der Waals surface area contributed by atoms with Crippen LogP contribution in [0, 0.1) is 0 Å². The number of halogens is 1. The summed E-state index contributed by atoms with van der Waals surface area (Å²) < 4.78 is 7.49. The molecule has 25 heavy (non-hydrogen) atoms. The number of rotatable bonds is 4. The number of nitrogens with zero attached hydrogens (tertiary/aromatic N) is 4. The monoisotopic (exact) mass is 362 g/mol. The van der Waals surface area contributed by atoms with Crippen LogP contribution in [-0.4, -0.2) is 37.4 Å². The average Bonchev–Trinajstić information content (AvgIpc) is 3.00. The maximum atomic E-state index is 12.9. The molecule has 3 rings (SSSR count). The first kappa shape index (κ1) is 17.0. The summed E-state index contributed by atoms with van der Waals surface area (Å²) in [5.74, 6) is -1.72. The van der Waals surface area contributed by atoms with E-state index in [1.54, 1.807) is 24.0 Å². The lowest BCUT2D eigenvalue weighted by Crippen LogP contribution is -2.24. The summed E-state index contributed by atoms with van der Waals surface area (Å²) in [6.07, 6.45) is 4.46. The number of carbonyl (C=O) groups excluding carboxylic acids is 1. The third-order valence-electron chi connectivity index (χ3n) is 3.88. The van der Waals surface area contributed by atoms with Crippen LogP contribution in [0.25, 0.3) is 5.65 Å². The highest BCUT2D eigenvalue weighted by atomic mass is 35.5. The van der Waals surface area contributed by atoms with Gasteiger partial charge in [-0.15, -0.1) is 0 Å². The summed E-state index contributed by atoms with van der Waals surface area (Å²) in [5.41, 5.74) is 0.309. The molecule has 0 radical (unpaired) electrons. The lowest BCUT2D eigenvalue weighted by molar-refractivity contribution is -0.140. The van der Waals surface area contributed by atoms with Crippen molar-refractivity contribution >= 4 is 23.2 Å². The Morgan fingerprint density at radius 2 is 2.16 bits per heavy atom. The molecule has 0 fully saturated rings. The Kier molecular flexibility index (Phi) is 4.45. The number of aromatic hydroxyl groups is 1. The van der Waals surface area contributed by atoms with Crippen LogP contribution < -0.4 is 5.56 Å². The predicted molar refractivity (Wildman–Crippen MR) is 89.8 cm³/mol. The Morgan fingerprint density at radius 1 is 1.40 bits per heavy atom. The molecule has 0 saturated carbocycles. The lowest BCUT2D eigenvalue weighted by Gasteiger charge is -2.16. The van der Waals surface area contributed by atoms with Gasteiger partial charge < -0.3 is 9.84 Å². The first-order valence-electron chi connectivity index (χ1n) is 7.37. The minimum atomic E-state index is -0.753. The molecule has 3 aromatic rings. The largest absolute Gasteiger partial charge is 0.493 e. The van der Waals surface area contributed by atoms with Crippen LogP contribution in [0.15, 0.2) is 35.5 Å². The third-order valence-corrected chi connectivity index (χ3v) is 4.10. The highest BCUT2D eigenvalue weighted by molar-refractivity contribution is 6.30. The maximum Gasteiger partial charge on any atom is 0.306 e. The van der Waals surface area contributed by atoms with Gasteiger partial charge in [0.05, 0.1) is 30.3 Å². The number of hydrogen-bond donors (Lipinski definition) is 1. The zero-order valence-electron chi connectivity index (χ0n) is 13.5. The second kappa shape index (κ2) is 6.56. The molecule has 0 aromatic carbocycles. The Morgan fingerprint density at radius 3 is 2.80 bits per heavy atom. The van der Waals surface area contributed by atoms with E-state index in [2.05, 4.69) is 10.1 Å². The Balaban J connectivity index is 2.24. The fraction of sp³-hybridized carbons (Fsp3) is 0.250. The molecule has 0 aliphatic heterocycles. The van der Waals surface area contributed by atoms with E-state index in [9.17, 15) is 14.7 Å². The van der Waals surface area contributed by atoms with Crippen LogP contribution in [0.4, 0.5) is 0 Å². The average molecular weight is 363 g/mol. The SMILES string of the molecule is COC(=O)CC(c1cnn(C)c1)c1c(O)nc2ccc(Cl)cn2c1=O. The maximum absolute atomic E-state index is 12.9. The molecule has 0 bridgehead atoms. The Hall–Kier alpha value is -2.87. The molecule has 0 aliphatic rings. The van der Waals surface area contributed by atoms with E-state index >= 15 is 0 Å². The van der Waals surface area contributed by atoms with Gasteiger partial charge in [0.1, 0.15) is 5.65 Å². The summed E-state index contributed by atoms with van der Waals surface area (Å²) in [4.78, 5) is 28.8. The summed E-state index contributed by atoms with van der Waals surface area (Å²) in [6.45, 7) is 0. The van der Waals surface area contributed by atoms with E-state index in [0.29, 0.717) is 10.6 Å². The van der Waals surface area contributed by atoms with Crippen molar-refractivity contribution in [1.29, 1.82) is 0 Å². The van der Waals surface area contributed by atoms with Crippen molar-refractivity contribution in [2.24, 2.45) is 7.05 Å². The second-order valence-electron chi connectivity index (χ2n) is 5.51. The summed E-state index contributed by atoms with van der Waals surface area (Å²) in [7, 11) is 2.97. The number of ether oxygens (including phenoxy) is 1. The highest BCUT2D eigenvalue weighted by Crippen LogP contribution is 2.31. The van der Waals surface area contributed by atoms with Crippen molar-refractivity contribution in [3.63, 3.8) is 0 Å². The lowest BCUT2D eigenvalue weighted by atomic mass is 9.91. The third kappa shape index (κ3) is 3.20. The van der Waals surface area contributed by atoms with Crippen molar-refractivity contribution in [1.82, 2.24) is 19.2 Å². The molecule has 3 heterocycles. The van der Waals surface area contributed by atoms with Gasteiger partial charge in [-0.1, -0.05) is 11.6 Å². The van der Waals surface area contributed by atoms with E-state index in [4.69, 9.17) is 16.3 Å². The molecule has 0 spiro atoms. The van der Waals surface area contributed by atoms with Crippen LogP contribution in [0.1, 0.15) is 23.5 Å².